The maximum atomic E-state index is 12.5. The predicted octanol–water partition coefficient (Wildman–Crippen LogP) is 2.90. The zero-order valence-corrected chi connectivity index (χ0v) is 11.3. The molecule has 0 amide bonds. The first-order valence-electron chi connectivity index (χ1n) is 5.83. The first-order chi connectivity index (χ1) is 8.07. The fourth-order valence-corrected chi connectivity index (χ4v) is 4.58. The van der Waals surface area contributed by atoms with Gasteiger partial charge in [0, 0.05) is 12.6 Å². The molecule has 0 spiro atoms. The summed E-state index contributed by atoms with van der Waals surface area (Å²) in [5, 5.41) is 0.300. The number of hydrogen-bond donors (Lipinski definition) is 0. The van der Waals surface area contributed by atoms with Crippen LogP contribution < -0.4 is 0 Å². The van der Waals surface area contributed by atoms with Crippen LogP contribution in [0.25, 0.3) is 0 Å². The first kappa shape index (κ1) is 12.9. The normalized spacial score (nSPS) is 21.9. The second-order valence-corrected chi connectivity index (χ2v) is 6.52. The van der Waals surface area contributed by atoms with Gasteiger partial charge in [0.05, 0.1) is 5.02 Å². The standard InChI is InChI=1S/C12H16ClNO2S/c1-2-10-6-5-9-14(10)17(15,16)12-8-4-3-7-11(12)13/h3-4,7-8,10H,2,5-6,9H2,1H3. The van der Waals surface area contributed by atoms with Gasteiger partial charge in [0.1, 0.15) is 4.90 Å². The van der Waals surface area contributed by atoms with Gasteiger partial charge in [0.25, 0.3) is 0 Å². The molecule has 17 heavy (non-hydrogen) atoms. The van der Waals surface area contributed by atoms with Crippen molar-refractivity contribution >= 4 is 21.6 Å². The largest absolute Gasteiger partial charge is 0.244 e. The molecule has 0 aliphatic carbocycles. The minimum atomic E-state index is -3.43. The predicted molar refractivity (Wildman–Crippen MR) is 68.7 cm³/mol. The molecule has 3 nitrogen and oxygen atoms in total. The minimum absolute atomic E-state index is 0.122. The van der Waals surface area contributed by atoms with E-state index in [1.165, 1.54) is 0 Å². The van der Waals surface area contributed by atoms with E-state index in [4.69, 9.17) is 11.6 Å². The van der Waals surface area contributed by atoms with E-state index in [-0.39, 0.29) is 10.9 Å². The molecule has 0 aromatic heterocycles. The van der Waals surface area contributed by atoms with Crippen LogP contribution in [-0.2, 0) is 10.0 Å². The molecule has 1 saturated heterocycles. The van der Waals surface area contributed by atoms with Crippen LogP contribution in [0.3, 0.4) is 0 Å². The molecule has 1 aromatic rings. The highest BCUT2D eigenvalue weighted by atomic mass is 35.5. The lowest BCUT2D eigenvalue weighted by Gasteiger charge is -2.23. The third-order valence-electron chi connectivity index (χ3n) is 3.22. The Balaban J connectivity index is 2.40. The second-order valence-electron chi connectivity index (χ2n) is 4.25. The lowest BCUT2D eigenvalue weighted by atomic mass is 10.2. The van der Waals surface area contributed by atoms with Gasteiger partial charge in [-0.1, -0.05) is 30.7 Å². The van der Waals surface area contributed by atoms with Crippen molar-refractivity contribution in [3.8, 4) is 0 Å². The summed E-state index contributed by atoms with van der Waals surface area (Å²) in [4.78, 5) is 0.224. The molecule has 94 valence electrons. The Morgan fingerprint density at radius 1 is 1.41 bits per heavy atom. The third-order valence-corrected chi connectivity index (χ3v) is 5.67. The van der Waals surface area contributed by atoms with Gasteiger partial charge >= 0.3 is 0 Å². The highest BCUT2D eigenvalue weighted by Crippen LogP contribution is 2.30. The molecule has 1 aliphatic heterocycles. The lowest BCUT2D eigenvalue weighted by molar-refractivity contribution is 0.379. The fourth-order valence-electron chi connectivity index (χ4n) is 2.31. The Labute approximate surface area is 107 Å². The molecule has 0 N–H and O–H groups in total. The number of rotatable bonds is 3. The zero-order chi connectivity index (χ0) is 12.5. The fraction of sp³-hybridized carbons (Fsp3) is 0.500. The summed E-state index contributed by atoms with van der Waals surface area (Å²) in [6.45, 7) is 2.62. The number of hydrogen-bond acceptors (Lipinski definition) is 2. The van der Waals surface area contributed by atoms with E-state index in [1.54, 1.807) is 28.6 Å². The number of benzene rings is 1. The van der Waals surface area contributed by atoms with Crippen molar-refractivity contribution in [2.75, 3.05) is 6.54 Å². The topological polar surface area (TPSA) is 37.4 Å². The quantitative estimate of drug-likeness (QED) is 0.849. The van der Waals surface area contributed by atoms with Crippen LogP contribution in [0.1, 0.15) is 26.2 Å². The maximum Gasteiger partial charge on any atom is 0.244 e. The van der Waals surface area contributed by atoms with Crippen molar-refractivity contribution in [2.24, 2.45) is 0 Å². The van der Waals surface area contributed by atoms with Gasteiger partial charge in [0.2, 0.25) is 10.0 Å². The van der Waals surface area contributed by atoms with Crippen molar-refractivity contribution in [1.82, 2.24) is 4.31 Å². The first-order valence-corrected chi connectivity index (χ1v) is 7.65. The summed E-state index contributed by atoms with van der Waals surface area (Å²) < 4.78 is 26.5. The molecule has 0 saturated carbocycles. The van der Waals surface area contributed by atoms with Gasteiger partial charge in [-0.05, 0) is 31.4 Å². The van der Waals surface area contributed by atoms with Crippen LogP contribution in [0.2, 0.25) is 5.02 Å². The van der Waals surface area contributed by atoms with E-state index >= 15 is 0 Å². The zero-order valence-electron chi connectivity index (χ0n) is 9.77. The minimum Gasteiger partial charge on any atom is -0.207 e. The van der Waals surface area contributed by atoms with Gasteiger partial charge in [-0.2, -0.15) is 4.31 Å². The van der Waals surface area contributed by atoms with Crippen molar-refractivity contribution < 1.29 is 8.42 Å². The van der Waals surface area contributed by atoms with Gasteiger partial charge in [-0.25, -0.2) is 8.42 Å². The van der Waals surface area contributed by atoms with Crippen LogP contribution in [0.15, 0.2) is 29.2 Å². The molecular formula is C12H16ClNO2S. The van der Waals surface area contributed by atoms with Crippen molar-refractivity contribution in [3.05, 3.63) is 29.3 Å². The Morgan fingerprint density at radius 2 is 2.12 bits per heavy atom. The lowest BCUT2D eigenvalue weighted by Crippen LogP contribution is -2.35. The molecule has 1 aliphatic rings. The molecule has 5 heteroatoms. The Bertz CT molecular complexity index is 501. The SMILES string of the molecule is CCC1CCCN1S(=O)(=O)c1ccccc1Cl. The van der Waals surface area contributed by atoms with Crippen molar-refractivity contribution in [2.45, 2.75) is 37.1 Å². The monoisotopic (exact) mass is 273 g/mol. The van der Waals surface area contributed by atoms with E-state index in [0.717, 1.165) is 19.3 Å². The number of halogens is 1. The molecule has 1 atom stereocenters. The summed E-state index contributed by atoms with van der Waals surface area (Å²) in [5.74, 6) is 0. The van der Waals surface area contributed by atoms with E-state index in [0.29, 0.717) is 11.6 Å². The third kappa shape index (κ3) is 2.34. The van der Waals surface area contributed by atoms with E-state index in [1.807, 2.05) is 6.92 Å². The number of sulfonamides is 1. The van der Waals surface area contributed by atoms with E-state index < -0.39 is 10.0 Å². The molecule has 0 radical (unpaired) electrons. The Hall–Kier alpha value is -0.580. The van der Waals surface area contributed by atoms with Crippen LogP contribution in [0.4, 0.5) is 0 Å². The van der Waals surface area contributed by atoms with Crippen molar-refractivity contribution in [1.29, 1.82) is 0 Å². The van der Waals surface area contributed by atoms with Crippen molar-refractivity contribution in [3.63, 3.8) is 0 Å². The Morgan fingerprint density at radius 3 is 2.76 bits per heavy atom. The van der Waals surface area contributed by atoms with Gasteiger partial charge < -0.3 is 0 Å². The maximum absolute atomic E-state index is 12.5. The molecule has 1 aromatic carbocycles. The average Bonchev–Trinajstić information content (AvgIpc) is 2.78. The summed E-state index contributed by atoms with van der Waals surface area (Å²) >= 11 is 5.97. The molecule has 0 bridgehead atoms. The smallest absolute Gasteiger partial charge is 0.207 e. The summed E-state index contributed by atoms with van der Waals surface area (Å²) in [6, 6.07) is 6.75. The molecular weight excluding hydrogens is 258 g/mol. The highest BCUT2D eigenvalue weighted by molar-refractivity contribution is 7.89. The van der Waals surface area contributed by atoms with Gasteiger partial charge in [-0.3, -0.25) is 0 Å². The van der Waals surface area contributed by atoms with Crippen LogP contribution in [0.5, 0.6) is 0 Å². The Kier molecular flexibility index (Phi) is 3.76. The van der Waals surface area contributed by atoms with Gasteiger partial charge in [-0.15, -0.1) is 0 Å². The number of nitrogens with zero attached hydrogens (tertiary/aromatic N) is 1. The highest BCUT2D eigenvalue weighted by Gasteiger charge is 2.34. The molecule has 1 unspecified atom stereocenters. The average molecular weight is 274 g/mol. The summed E-state index contributed by atoms with van der Waals surface area (Å²) in [7, 11) is -3.43. The molecule has 1 fully saturated rings. The second kappa shape index (κ2) is 4.96. The van der Waals surface area contributed by atoms with Gasteiger partial charge in [0.15, 0.2) is 0 Å². The summed E-state index contributed by atoms with van der Waals surface area (Å²) in [5.41, 5.74) is 0. The van der Waals surface area contributed by atoms with Crippen LogP contribution in [0, 0.1) is 0 Å². The van der Waals surface area contributed by atoms with Crippen LogP contribution >= 0.6 is 11.6 Å². The van der Waals surface area contributed by atoms with E-state index in [9.17, 15) is 8.42 Å². The summed E-state index contributed by atoms with van der Waals surface area (Å²) in [6.07, 6.45) is 2.73. The van der Waals surface area contributed by atoms with Crippen LogP contribution in [-0.4, -0.2) is 25.3 Å². The molecule has 2 rings (SSSR count). The van der Waals surface area contributed by atoms with E-state index in [2.05, 4.69) is 0 Å². The molecule has 1 heterocycles.